The molecular formula is C21H29BrClNO3. The first-order chi connectivity index (χ1) is 12.7. The number of rotatable bonds is 12. The van der Waals surface area contributed by atoms with Gasteiger partial charge < -0.3 is 19.9 Å². The summed E-state index contributed by atoms with van der Waals surface area (Å²) >= 11 is 3.62. The van der Waals surface area contributed by atoms with E-state index in [-0.39, 0.29) is 19.0 Å². The van der Waals surface area contributed by atoms with Gasteiger partial charge in [0, 0.05) is 13.2 Å². The summed E-state index contributed by atoms with van der Waals surface area (Å²) in [5, 5.41) is 12.2. The van der Waals surface area contributed by atoms with Gasteiger partial charge in [-0.25, -0.2) is 0 Å². The highest BCUT2D eigenvalue weighted by Crippen LogP contribution is 2.37. The van der Waals surface area contributed by atoms with Gasteiger partial charge in [0.1, 0.15) is 6.61 Å². The monoisotopic (exact) mass is 457 g/mol. The molecule has 0 heterocycles. The van der Waals surface area contributed by atoms with E-state index in [9.17, 15) is 0 Å². The highest BCUT2D eigenvalue weighted by molar-refractivity contribution is 9.10. The molecule has 6 heteroatoms. The zero-order valence-electron chi connectivity index (χ0n) is 15.7. The number of benzene rings is 2. The lowest BCUT2D eigenvalue weighted by Gasteiger charge is -2.16. The molecule has 0 fully saturated rings. The van der Waals surface area contributed by atoms with E-state index in [1.54, 1.807) is 0 Å². The van der Waals surface area contributed by atoms with E-state index in [0.29, 0.717) is 13.2 Å². The van der Waals surface area contributed by atoms with Crippen molar-refractivity contribution in [1.29, 1.82) is 0 Å². The van der Waals surface area contributed by atoms with Crippen LogP contribution in [0.3, 0.4) is 0 Å². The van der Waals surface area contributed by atoms with Gasteiger partial charge in [0.15, 0.2) is 11.5 Å². The number of aliphatic hydroxyl groups excluding tert-OH is 1. The number of hydrogen-bond donors (Lipinski definition) is 2. The minimum atomic E-state index is 0. The average Bonchev–Trinajstić information content (AvgIpc) is 2.65. The molecule has 0 aliphatic heterocycles. The first-order valence-electron chi connectivity index (χ1n) is 9.18. The molecular weight excluding hydrogens is 430 g/mol. The Kier molecular flexibility index (Phi) is 12.2. The van der Waals surface area contributed by atoms with Gasteiger partial charge in [-0.05, 0) is 71.9 Å². The summed E-state index contributed by atoms with van der Waals surface area (Å²) in [7, 11) is 0. The molecule has 2 rings (SSSR count). The molecule has 0 aliphatic rings. The van der Waals surface area contributed by atoms with E-state index >= 15 is 0 Å². The van der Waals surface area contributed by atoms with Crippen LogP contribution >= 0.6 is 28.3 Å². The maximum Gasteiger partial charge on any atom is 0.175 e. The maximum absolute atomic E-state index is 8.80. The van der Waals surface area contributed by atoms with Crippen molar-refractivity contribution in [2.24, 2.45) is 0 Å². The summed E-state index contributed by atoms with van der Waals surface area (Å²) < 4.78 is 12.7. The summed E-state index contributed by atoms with van der Waals surface area (Å²) in [6.07, 6.45) is 2.98. The number of ether oxygens (including phenoxy) is 2. The number of hydrogen-bond acceptors (Lipinski definition) is 4. The van der Waals surface area contributed by atoms with Crippen molar-refractivity contribution >= 4 is 28.3 Å². The van der Waals surface area contributed by atoms with Crippen LogP contribution in [-0.2, 0) is 13.2 Å². The highest BCUT2D eigenvalue weighted by Gasteiger charge is 2.12. The topological polar surface area (TPSA) is 50.7 Å². The van der Waals surface area contributed by atoms with Gasteiger partial charge in [0.2, 0.25) is 0 Å². The predicted octanol–water partition coefficient (Wildman–Crippen LogP) is 5.10. The summed E-state index contributed by atoms with van der Waals surface area (Å²) in [6.45, 7) is 5.05. The fourth-order valence-corrected chi connectivity index (χ4v) is 3.23. The molecule has 0 aromatic heterocycles. The molecule has 0 radical (unpaired) electrons. The van der Waals surface area contributed by atoms with Crippen LogP contribution in [0.2, 0.25) is 0 Å². The fourth-order valence-electron chi connectivity index (χ4n) is 2.63. The van der Waals surface area contributed by atoms with Gasteiger partial charge in [-0.15, -0.1) is 12.4 Å². The van der Waals surface area contributed by atoms with Crippen molar-refractivity contribution in [3.8, 4) is 11.5 Å². The third kappa shape index (κ3) is 8.52. The van der Waals surface area contributed by atoms with Crippen LogP contribution in [0.25, 0.3) is 0 Å². The van der Waals surface area contributed by atoms with Crippen LogP contribution in [0, 0.1) is 0 Å². The zero-order valence-corrected chi connectivity index (χ0v) is 18.2. The van der Waals surface area contributed by atoms with Gasteiger partial charge in [-0.1, -0.05) is 30.3 Å². The number of nitrogens with one attached hydrogen (secondary N) is 1. The fraction of sp³-hybridized carbons (Fsp3) is 0.429. The molecule has 0 amide bonds. The minimum Gasteiger partial charge on any atom is -0.490 e. The first kappa shape index (κ1) is 23.8. The lowest BCUT2D eigenvalue weighted by molar-refractivity contribution is 0.267. The Morgan fingerprint density at radius 1 is 1.00 bits per heavy atom. The summed E-state index contributed by atoms with van der Waals surface area (Å²) in [6, 6.07) is 14.2. The normalized spacial score (nSPS) is 10.3. The first-order valence-corrected chi connectivity index (χ1v) is 9.97. The third-order valence-electron chi connectivity index (χ3n) is 3.94. The lowest BCUT2D eigenvalue weighted by Crippen LogP contribution is -2.15. The van der Waals surface area contributed by atoms with E-state index in [1.807, 2.05) is 43.3 Å². The molecule has 150 valence electrons. The Balaban J connectivity index is 0.00000364. The summed E-state index contributed by atoms with van der Waals surface area (Å²) in [5.41, 5.74) is 2.27. The Bertz CT molecular complexity index is 655. The zero-order chi connectivity index (χ0) is 18.6. The van der Waals surface area contributed by atoms with E-state index in [1.165, 1.54) is 0 Å². The number of halogens is 2. The van der Waals surface area contributed by atoms with Crippen molar-refractivity contribution in [3.05, 3.63) is 58.1 Å². The highest BCUT2D eigenvalue weighted by atomic mass is 79.9. The molecule has 0 unspecified atom stereocenters. The molecule has 2 aromatic carbocycles. The molecule has 0 saturated carbocycles. The van der Waals surface area contributed by atoms with Crippen LogP contribution in [0.4, 0.5) is 0 Å². The van der Waals surface area contributed by atoms with Crippen molar-refractivity contribution in [1.82, 2.24) is 5.32 Å². The molecule has 2 N–H and O–H groups in total. The largest absolute Gasteiger partial charge is 0.490 e. The van der Waals surface area contributed by atoms with E-state index in [0.717, 1.165) is 59.5 Å². The Labute approximate surface area is 176 Å². The molecule has 0 saturated heterocycles. The van der Waals surface area contributed by atoms with Crippen LogP contribution in [0.15, 0.2) is 46.9 Å². The lowest BCUT2D eigenvalue weighted by atomic mass is 10.2. The molecule has 2 aromatic rings. The second-order valence-corrected chi connectivity index (χ2v) is 6.93. The van der Waals surface area contributed by atoms with Crippen LogP contribution in [0.1, 0.15) is 37.3 Å². The van der Waals surface area contributed by atoms with Gasteiger partial charge in [0.25, 0.3) is 0 Å². The van der Waals surface area contributed by atoms with Gasteiger partial charge in [-0.3, -0.25) is 0 Å². The standard InChI is InChI=1S/C21H28BrNO3.ClH/c1-2-25-20-14-18(15-23-11-7-4-8-12-24)13-19(22)21(20)26-16-17-9-5-3-6-10-17;/h3,5-6,9-10,13-14,23-24H,2,4,7-8,11-12,15-16H2,1H3;1H. The molecule has 0 bridgehead atoms. The summed E-state index contributed by atoms with van der Waals surface area (Å²) in [5.74, 6) is 1.50. The Morgan fingerprint density at radius 3 is 2.48 bits per heavy atom. The van der Waals surface area contributed by atoms with E-state index in [4.69, 9.17) is 14.6 Å². The van der Waals surface area contributed by atoms with Crippen LogP contribution in [0.5, 0.6) is 11.5 Å². The molecule has 0 aliphatic carbocycles. The van der Waals surface area contributed by atoms with Crippen LogP contribution in [-0.4, -0.2) is 24.9 Å². The predicted molar refractivity (Wildman–Crippen MR) is 116 cm³/mol. The second kappa shape index (κ2) is 13.8. The van der Waals surface area contributed by atoms with Crippen molar-refractivity contribution in [2.75, 3.05) is 19.8 Å². The quantitative estimate of drug-likeness (QED) is 0.434. The molecule has 0 spiro atoms. The van der Waals surface area contributed by atoms with E-state index < -0.39 is 0 Å². The Hall–Kier alpha value is -1.27. The smallest absolute Gasteiger partial charge is 0.175 e. The maximum atomic E-state index is 8.80. The average molecular weight is 459 g/mol. The van der Waals surface area contributed by atoms with E-state index in [2.05, 4.69) is 27.3 Å². The van der Waals surface area contributed by atoms with Crippen molar-refractivity contribution < 1.29 is 14.6 Å². The summed E-state index contributed by atoms with van der Waals surface area (Å²) in [4.78, 5) is 0. The second-order valence-electron chi connectivity index (χ2n) is 6.07. The third-order valence-corrected chi connectivity index (χ3v) is 4.52. The van der Waals surface area contributed by atoms with Gasteiger partial charge in [0.05, 0.1) is 11.1 Å². The molecule has 4 nitrogen and oxygen atoms in total. The van der Waals surface area contributed by atoms with Gasteiger partial charge >= 0.3 is 0 Å². The van der Waals surface area contributed by atoms with Crippen molar-refractivity contribution in [3.63, 3.8) is 0 Å². The van der Waals surface area contributed by atoms with Crippen molar-refractivity contribution in [2.45, 2.75) is 39.3 Å². The number of aliphatic hydroxyl groups is 1. The minimum absolute atomic E-state index is 0. The molecule has 0 atom stereocenters. The van der Waals surface area contributed by atoms with Gasteiger partial charge in [-0.2, -0.15) is 0 Å². The van der Waals surface area contributed by atoms with Crippen LogP contribution < -0.4 is 14.8 Å². The SMILES string of the molecule is CCOc1cc(CNCCCCCO)cc(Br)c1OCc1ccccc1.Cl. The Morgan fingerprint density at radius 2 is 1.78 bits per heavy atom. The molecule has 27 heavy (non-hydrogen) atoms. The number of unbranched alkanes of at least 4 members (excludes halogenated alkanes) is 2.